The van der Waals surface area contributed by atoms with Gasteiger partial charge in [0.2, 0.25) is 10.0 Å². The van der Waals surface area contributed by atoms with E-state index in [1.807, 2.05) is 6.92 Å². The first-order valence-corrected chi connectivity index (χ1v) is 9.39. The number of hydrogen-bond donors (Lipinski definition) is 0. The van der Waals surface area contributed by atoms with E-state index in [0.717, 1.165) is 11.8 Å². The van der Waals surface area contributed by atoms with Crippen LogP contribution in [0.1, 0.15) is 12.0 Å². The molecule has 0 aliphatic carbocycles. The van der Waals surface area contributed by atoms with Crippen LogP contribution in [0.3, 0.4) is 0 Å². The van der Waals surface area contributed by atoms with Gasteiger partial charge in [-0.25, -0.2) is 8.42 Å². The van der Waals surface area contributed by atoms with E-state index in [2.05, 4.69) is 0 Å². The zero-order valence-electron chi connectivity index (χ0n) is 11.3. The van der Waals surface area contributed by atoms with Gasteiger partial charge in [-0.1, -0.05) is 17.7 Å². The van der Waals surface area contributed by atoms with Crippen LogP contribution in [0.25, 0.3) is 0 Å². The van der Waals surface area contributed by atoms with E-state index in [9.17, 15) is 16.8 Å². The van der Waals surface area contributed by atoms with E-state index in [1.54, 1.807) is 24.3 Å². The van der Waals surface area contributed by atoms with Crippen molar-refractivity contribution in [3.63, 3.8) is 0 Å². The quantitative estimate of drug-likeness (QED) is 0.765. The summed E-state index contributed by atoms with van der Waals surface area (Å²) in [5, 5.41) is 0. The van der Waals surface area contributed by atoms with Gasteiger partial charge >= 0.3 is 0 Å². The molecule has 20 heavy (non-hydrogen) atoms. The molecule has 1 saturated heterocycles. The summed E-state index contributed by atoms with van der Waals surface area (Å²) in [6.45, 7) is 2.20. The first-order valence-electron chi connectivity index (χ1n) is 6.13. The molecule has 0 radical (unpaired) electrons. The summed E-state index contributed by atoms with van der Waals surface area (Å²) in [7, 11) is -7.15. The van der Waals surface area contributed by atoms with Gasteiger partial charge in [-0.3, -0.25) is 4.18 Å². The molecule has 1 atom stereocenters. The maximum Gasteiger partial charge on any atom is 0.264 e. The first-order chi connectivity index (χ1) is 9.18. The highest BCUT2D eigenvalue weighted by Gasteiger charge is 2.34. The minimum atomic E-state index is -3.59. The Morgan fingerprint density at radius 1 is 1.15 bits per heavy atom. The summed E-state index contributed by atoms with van der Waals surface area (Å²) in [5.41, 5.74) is 0.976. The third kappa shape index (κ3) is 3.57. The Labute approximate surface area is 119 Å². The Kier molecular flexibility index (Phi) is 4.19. The number of sulfonamides is 1. The normalized spacial score (nSPS) is 21.2. The van der Waals surface area contributed by atoms with Crippen LogP contribution >= 0.6 is 0 Å². The molecule has 1 aromatic rings. The molecule has 1 heterocycles. The van der Waals surface area contributed by atoms with Gasteiger partial charge in [-0.05, 0) is 25.5 Å². The molecule has 1 aromatic carbocycles. The van der Waals surface area contributed by atoms with Crippen molar-refractivity contribution in [2.45, 2.75) is 24.3 Å². The molecule has 112 valence electrons. The van der Waals surface area contributed by atoms with Crippen molar-refractivity contribution in [2.75, 3.05) is 19.3 Å². The minimum absolute atomic E-state index is 0.0588. The maximum absolute atomic E-state index is 12.4. The molecular formula is C12H17NO5S2. The zero-order chi connectivity index (χ0) is 15.0. The SMILES string of the molecule is Cc1ccc(S(=O)(=O)N2CCC(OS(C)(=O)=O)C2)cc1. The zero-order valence-corrected chi connectivity index (χ0v) is 12.9. The van der Waals surface area contributed by atoms with Crippen molar-refractivity contribution in [1.29, 1.82) is 0 Å². The van der Waals surface area contributed by atoms with Crippen LogP contribution in [0.5, 0.6) is 0 Å². The smallest absolute Gasteiger partial charge is 0.264 e. The number of nitrogens with zero attached hydrogens (tertiary/aromatic N) is 1. The summed E-state index contributed by atoms with van der Waals surface area (Å²) >= 11 is 0. The fraction of sp³-hybridized carbons (Fsp3) is 0.500. The molecule has 1 unspecified atom stereocenters. The molecule has 1 fully saturated rings. The van der Waals surface area contributed by atoms with Gasteiger partial charge in [0.25, 0.3) is 10.1 Å². The molecule has 0 aromatic heterocycles. The minimum Gasteiger partial charge on any atom is -0.266 e. The summed E-state index contributed by atoms with van der Waals surface area (Å²) in [5.74, 6) is 0. The molecule has 0 bridgehead atoms. The van der Waals surface area contributed by atoms with Crippen molar-refractivity contribution in [2.24, 2.45) is 0 Å². The highest BCUT2D eigenvalue weighted by molar-refractivity contribution is 7.89. The van der Waals surface area contributed by atoms with Crippen molar-refractivity contribution < 1.29 is 21.0 Å². The van der Waals surface area contributed by atoms with Crippen LogP contribution in [0.2, 0.25) is 0 Å². The van der Waals surface area contributed by atoms with E-state index in [1.165, 1.54) is 4.31 Å². The second-order valence-corrected chi connectivity index (χ2v) is 8.43. The van der Waals surface area contributed by atoms with Gasteiger partial charge < -0.3 is 0 Å². The molecule has 0 spiro atoms. The van der Waals surface area contributed by atoms with Crippen LogP contribution in [0.4, 0.5) is 0 Å². The average Bonchev–Trinajstić information content (AvgIpc) is 2.76. The predicted molar refractivity (Wildman–Crippen MR) is 74.3 cm³/mol. The summed E-state index contributed by atoms with van der Waals surface area (Å²) in [6, 6.07) is 6.56. The van der Waals surface area contributed by atoms with Crippen LogP contribution in [-0.4, -0.2) is 46.6 Å². The van der Waals surface area contributed by atoms with Gasteiger partial charge in [0.1, 0.15) is 0 Å². The predicted octanol–water partition coefficient (Wildman–Crippen LogP) is 0.734. The van der Waals surface area contributed by atoms with Gasteiger partial charge in [0, 0.05) is 13.1 Å². The van der Waals surface area contributed by atoms with Crippen LogP contribution in [0, 0.1) is 6.92 Å². The van der Waals surface area contributed by atoms with Gasteiger partial charge in [0.15, 0.2) is 0 Å². The summed E-state index contributed by atoms with van der Waals surface area (Å²) in [4.78, 5) is 0.211. The lowest BCUT2D eigenvalue weighted by molar-refractivity contribution is 0.225. The fourth-order valence-electron chi connectivity index (χ4n) is 2.10. The molecule has 0 N–H and O–H groups in total. The van der Waals surface area contributed by atoms with E-state index in [-0.39, 0.29) is 18.0 Å². The van der Waals surface area contributed by atoms with Crippen molar-refractivity contribution in [3.05, 3.63) is 29.8 Å². The maximum atomic E-state index is 12.4. The standard InChI is InChI=1S/C12H17NO5S2/c1-10-3-5-12(6-4-10)20(16,17)13-8-7-11(9-13)18-19(2,14)15/h3-6,11H,7-9H2,1-2H3. The second kappa shape index (κ2) is 5.44. The monoisotopic (exact) mass is 319 g/mol. The van der Waals surface area contributed by atoms with Crippen molar-refractivity contribution in [1.82, 2.24) is 4.31 Å². The molecule has 1 aliphatic heterocycles. The summed E-state index contributed by atoms with van der Waals surface area (Å²) in [6.07, 6.45) is 0.729. The van der Waals surface area contributed by atoms with Crippen LogP contribution in [-0.2, 0) is 24.3 Å². The Morgan fingerprint density at radius 3 is 2.30 bits per heavy atom. The molecule has 0 amide bonds. The lowest BCUT2D eigenvalue weighted by atomic mass is 10.2. The van der Waals surface area contributed by atoms with Gasteiger partial charge in [-0.2, -0.15) is 12.7 Å². The lowest BCUT2D eigenvalue weighted by Gasteiger charge is -2.16. The topological polar surface area (TPSA) is 80.8 Å². The Morgan fingerprint density at radius 2 is 1.75 bits per heavy atom. The Bertz CT molecular complexity index is 679. The number of benzene rings is 1. The molecule has 6 nitrogen and oxygen atoms in total. The van der Waals surface area contributed by atoms with Crippen molar-refractivity contribution in [3.8, 4) is 0 Å². The fourth-order valence-corrected chi connectivity index (χ4v) is 4.24. The first kappa shape index (κ1) is 15.4. The number of rotatable bonds is 4. The van der Waals surface area contributed by atoms with E-state index >= 15 is 0 Å². The third-order valence-electron chi connectivity index (χ3n) is 3.08. The van der Waals surface area contributed by atoms with Crippen molar-refractivity contribution >= 4 is 20.1 Å². The highest BCUT2D eigenvalue weighted by atomic mass is 32.2. The summed E-state index contributed by atoms with van der Waals surface area (Å²) < 4.78 is 53.0. The largest absolute Gasteiger partial charge is 0.266 e. The van der Waals surface area contributed by atoms with E-state index < -0.39 is 26.2 Å². The Hall–Kier alpha value is -0.960. The van der Waals surface area contributed by atoms with E-state index in [4.69, 9.17) is 4.18 Å². The highest BCUT2D eigenvalue weighted by Crippen LogP contribution is 2.23. The van der Waals surface area contributed by atoms with Crippen LogP contribution < -0.4 is 0 Å². The number of hydrogen-bond acceptors (Lipinski definition) is 5. The molecule has 8 heteroatoms. The molecule has 2 rings (SSSR count). The molecule has 1 aliphatic rings. The second-order valence-electron chi connectivity index (χ2n) is 4.89. The lowest BCUT2D eigenvalue weighted by Crippen LogP contribution is -2.30. The van der Waals surface area contributed by atoms with E-state index in [0.29, 0.717) is 6.42 Å². The van der Waals surface area contributed by atoms with Gasteiger partial charge in [-0.15, -0.1) is 0 Å². The molecular weight excluding hydrogens is 302 g/mol. The van der Waals surface area contributed by atoms with Crippen LogP contribution in [0.15, 0.2) is 29.2 Å². The average molecular weight is 319 g/mol. The molecule has 0 saturated carbocycles. The number of aryl methyl sites for hydroxylation is 1. The third-order valence-corrected chi connectivity index (χ3v) is 5.58. The Balaban J connectivity index is 2.14. The van der Waals surface area contributed by atoms with Gasteiger partial charge in [0.05, 0.1) is 17.3 Å².